The fraction of sp³-hybridized carbons (Fsp3) is 0. The SMILES string of the molecule is Nc1ccc(Nc2ccccc2Cl)cc1S(=O)(=O)O. The molecule has 2 aromatic carbocycles. The summed E-state index contributed by atoms with van der Waals surface area (Å²) in [6.07, 6.45) is 0. The van der Waals surface area contributed by atoms with Crippen molar-refractivity contribution in [1.29, 1.82) is 0 Å². The van der Waals surface area contributed by atoms with Crippen LogP contribution in [0.3, 0.4) is 0 Å². The molecule has 2 rings (SSSR count). The van der Waals surface area contributed by atoms with Gasteiger partial charge >= 0.3 is 0 Å². The van der Waals surface area contributed by atoms with Crippen LogP contribution in [0, 0.1) is 0 Å². The molecule has 0 bridgehead atoms. The highest BCUT2D eigenvalue weighted by Crippen LogP contribution is 2.28. The highest BCUT2D eigenvalue weighted by molar-refractivity contribution is 7.86. The largest absolute Gasteiger partial charge is 0.398 e. The number of nitrogen functional groups attached to an aromatic ring is 1. The Morgan fingerprint density at radius 3 is 2.47 bits per heavy atom. The number of benzene rings is 2. The van der Waals surface area contributed by atoms with Gasteiger partial charge in [-0.15, -0.1) is 0 Å². The summed E-state index contributed by atoms with van der Waals surface area (Å²) in [7, 11) is -4.36. The van der Waals surface area contributed by atoms with Crippen LogP contribution in [0.2, 0.25) is 5.02 Å². The molecule has 0 saturated carbocycles. The normalized spacial score (nSPS) is 11.3. The molecule has 0 aliphatic heterocycles. The molecule has 0 atom stereocenters. The zero-order valence-corrected chi connectivity index (χ0v) is 11.2. The first-order valence-corrected chi connectivity index (χ1v) is 7.08. The fourth-order valence-electron chi connectivity index (χ4n) is 1.55. The molecule has 0 radical (unpaired) electrons. The Morgan fingerprint density at radius 1 is 1.16 bits per heavy atom. The first-order chi connectivity index (χ1) is 8.88. The van der Waals surface area contributed by atoms with Crippen LogP contribution in [-0.2, 0) is 10.1 Å². The van der Waals surface area contributed by atoms with E-state index in [1.165, 1.54) is 12.1 Å². The van der Waals surface area contributed by atoms with E-state index in [0.29, 0.717) is 16.4 Å². The van der Waals surface area contributed by atoms with Crippen LogP contribution in [0.1, 0.15) is 0 Å². The number of para-hydroxylation sites is 1. The van der Waals surface area contributed by atoms with E-state index < -0.39 is 10.1 Å². The average Bonchev–Trinajstić information content (AvgIpc) is 2.33. The summed E-state index contributed by atoms with van der Waals surface area (Å²) in [5.74, 6) is 0. The second-order valence-corrected chi connectivity index (χ2v) is 5.63. The molecule has 19 heavy (non-hydrogen) atoms. The minimum atomic E-state index is -4.36. The summed E-state index contributed by atoms with van der Waals surface area (Å²) in [5, 5.41) is 3.44. The Hall–Kier alpha value is -1.76. The maximum atomic E-state index is 11.1. The lowest BCUT2D eigenvalue weighted by Crippen LogP contribution is -2.04. The van der Waals surface area contributed by atoms with Crippen molar-refractivity contribution >= 4 is 38.8 Å². The van der Waals surface area contributed by atoms with Crippen molar-refractivity contribution in [3.8, 4) is 0 Å². The van der Waals surface area contributed by atoms with Crippen molar-refractivity contribution in [2.24, 2.45) is 0 Å². The van der Waals surface area contributed by atoms with E-state index >= 15 is 0 Å². The molecule has 0 aromatic heterocycles. The molecular weight excluding hydrogens is 288 g/mol. The molecule has 0 spiro atoms. The Bertz CT molecular complexity index is 717. The number of nitrogens with one attached hydrogen (secondary N) is 1. The van der Waals surface area contributed by atoms with Crippen molar-refractivity contribution < 1.29 is 13.0 Å². The molecule has 0 saturated heterocycles. The zero-order chi connectivity index (χ0) is 14.0. The van der Waals surface area contributed by atoms with Crippen LogP contribution in [-0.4, -0.2) is 13.0 Å². The Labute approximate surface area is 115 Å². The summed E-state index contributed by atoms with van der Waals surface area (Å²) in [4.78, 5) is -0.343. The predicted molar refractivity (Wildman–Crippen MR) is 75.4 cm³/mol. The number of anilines is 3. The average molecular weight is 299 g/mol. The Kier molecular flexibility index (Phi) is 3.66. The van der Waals surface area contributed by atoms with Gasteiger partial charge in [-0.25, -0.2) is 0 Å². The quantitative estimate of drug-likeness (QED) is 0.598. The van der Waals surface area contributed by atoms with Crippen molar-refractivity contribution in [3.63, 3.8) is 0 Å². The minimum absolute atomic E-state index is 0.0211. The summed E-state index contributed by atoms with van der Waals surface area (Å²) >= 11 is 5.98. The molecular formula is C12H11ClN2O3S. The molecule has 2 aromatic rings. The third-order valence-corrected chi connectivity index (χ3v) is 3.68. The van der Waals surface area contributed by atoms with E-state index in [2.05, 4.69) is 5.32 Å². The Balaban J connectivity index is 2.41. The van der Waals surface area contributed by atoms with Gasteiger partial charge in [0.1, 0.15) is 4.90 Å². The molecule has 4 N–H and O–H groups in total. The van der Waals surface area contributed by atoms with Gasteiger partial charge in [-0.1, -0.05) is 23.7 Å². The number of rotatable bonds is 3. The van der Waals surface area contributed by atoms with Crippen LogP contribution < -0.4 is 11.1 Å². The highest BCUT2D eigenvalue weighted by Gasteiger charge is 2.14. The van der Waals surface area contributed by atoms with E-state index in [0.717, 1.165) is 0 Å². The van der Waals surface area contributed by atoms with Crippen LogP contribution in [0.5, 0.6) is 0 Å². The number of halogens is 1. The first-order valence-electron chi connectivity index (χ1n) is 5.26. The van der Waals surface area contributed by atoms with Crippen LogP contribution in [0.4, 0.5) is 17.1 Å². The maximum absolute atomic E-state index is 11.1. The van der Waals surface area contributed by atoms with Crippen LogP contribution >= 0.6 is 11.6 Å². The lowest BCUT2D eigenvalue weighted by Gasteiger charge is -2.10. The smallest absolute Gasteiger partial charge is 0.296 e. The molecule has 5 nitrogen and oxygen atoms in total. The zero-order valence-electron chi connectivity index (χ0n) is 9.67. The third kappa shape index (κ3) is 3.17. The van der Waals surface area contributed by atoms with E-state index in [-0.39, 0.29) is 10.6 Å². The van der Waals surface area contributed by atoms with E-state index in [1.807, 2.05) is 0 Å². The van der Waals surface area contributed by atoms with Gasteiger partial charge in [0.25, 0.3) is 10.1 Å². The van der Waals surface area contributed by atoms with Gasteiger partial charge in [-0.05, 0) is 30.3 Å². The summed E-state index contributed by atoms with van der Waals surface area (Å²) in [5.41, 5.74) is 6.56. The van der Waals surface area contributed by atoms with Gasteiger partial charge in [0.15, 0.2) is 0 Å². The van der Waals surface area contributed by atoms with E-state index in [4.69, 9.17) is 21.9 Å². The lowest BCUT2D eigenvalue weighted by molar-refractivity contribution is 0.483. The van der Waals surface area contributed by atoms with Crippen molar-refractivity contribution in [2.45, 2.75) is 4.90 Å². The van der Waals surface area contributed by atoms with E-state index in [1.54, 1.807) is 30.3 Å². The number of nitrogens with two attached hydrogens (primary N) is 1. The molecule has 0 aliphatic rings. The maximum Gasteiger partial charge on any atom is 0.296 e. The van der Waals surface area contributed by atoms with Gasteiger partial charge in [-0.3, -0.25) is 4.55 Å². The van der Waals surface area contributed by atoms with Gasteiger partial charge in [-0.2, -0.15) is 8.42 Å². The van der Waals surface area contributed by atoms with Gasteiger partial charge < -0.3 is 11.1 Å². The van der Waals surface area contributed by atoms with Crippen LogP contribution in [0.15, 0.2) is 47.4 Å². The molecule has 0 heterocycles. The summed E-state index contributed by atoms with van der Waals surface area (Å²) < 4.78 is 31.3. The van der Waals surface area contributed by atoms with Crippen molar-refractivity contribution in [2.75, 3.05) is 11.1 Å². The topological polar surface area (TPSA) is 92.4 Å². The van der Waals surface area contributed by atoms with Gasteiger partial charge in [0, 0.05) is 5.69 Å². The summed E-state index contributed by atoms with van der Waals surface area (Å²) in [6, 6.07) is 11.2. The second kappa shape index (κ2) is 5.08. The van der Waals surface area contributed by atoms with Gasteiger partial charge in [0.05, 0.1) is 16.4 Å². The molecule has 0 unspecified atom stereocenters. The number of hydrogen-bond donors (Lipinski definition) is 3. The number of hydrogen-bond acceptors (Lipinski definition) is 4. The lowest BCUT2D eigenvalue weighted by atomic mass is 10.2. The molecule has 0 amide bonds. The van der Waals surface area contributed by atoms with Crippen molar-refractivity contribution in [1.82, 2.24) is 0 Å². The standard InChI is InChI=1S/C12H11ClN2O3S/c13-9-3-1-2-4-11(9)15-8-5-6-10(14)12(7-8)19(16,17)18/h1-7,15H,14H2,(H,16,17,18). The molecule has 100 valence electrons. The summed E-state index contributed by atoms with van der Waals surface area (Å²) in [6.45, 7) is 0. The molecule has 7 heteroatoms. The van der Waals surface area contributed by atoms with Gasteiger partial charge in [0.2, 0.25) is 0 Å². The second-order valence-electron chi connectivity index (χ2n) is 3.83. The highest BCUT2D eigenvalue weighted by atomic mass is 35.5. The van der Waals surface area contributed by atoms with Crippen LogP contribution in [0.25, 0.3) is 0 Å². The third-order valence-electron chi connectivity index (χ3n) is 2.44. The predicted octanol–water partition coefficient (Wildman–Crippen LogP) is 2.91. The fourth-order valence-corrected chi connectivity index (χ4v) is 2.38. The van der Waals surface area contributed by atoms with Crippen molar-refractivity contribution in [3.05, 3.63) is 47.5 Å². The monoisotopic (exact) mass is 298 g/mol. The first kappa shape index (κ1) is 13.7. The Morgan fingerprint density at radius 2 is 1.84 bits per heavy atom. The molecule has 0 fully saturated rings. The molecule has 0 aliphatic carbocycles. The minimum Gasteiger partial charge on any atom is -0.398 e. The van der Waals surface area contributed by atoms with E-state index in [9.17, 15) is 8.42 Å².